The number of alkyl halides is 2. The standard InChI is InChI=1S/C26H35ClFN6O6PS/c1-15(2)38-25(36)16(3)32-41(42,40-18-10-8-7-9-11-18)37-13-26(12-27)21(35)19(28)24(39-26)34-14-29-20-22(33(5)6)30-17(4)31-23(20)34/h7-11,14-16,19,21,24,35H,12-13H2,1-6H3,(H,32,42)/t16-,19+,21-,24+,26+,41+/m0/s1. The van der Waals surface area contributed by atoms with Crippen molar-refractivity contribution >= 4 is 53.0 Å². The quantitative estimate of drug-likeness (QED) is 0.169. The van der Waals surface area contributed by atoms with Gasteiger partial charge in [0.15, 0.2) is 29.4 Å². The Kier molecular flexibility index (Phi) is 10.1. The number of fused-ring (bicyclic) bond motifs is 1. The van der Waals surface area contributed by atoms with E-state index in [0.29, 0.717) is 28.6 Å². The average Bonchev–Trinajstić information content (AvgIpc) is 3.45. The van der Waals surface area contributed by atoms with Crippen molar-refractivity contribution in [2.75, 3.05) is 31.5 Å². The highest BCUT2D eigenvalue weighted by molar-refractivity contribution is 8.09. The van der Waals surface area contributed by atoms with Gasteiger partial charge in [-0.2, -0.15) is 0 Å². The highest BCUT2D eigenvalue weighted by Gasteiger charge is 2.57. The number of nitrogens with zero attached hydrogens (tertiary/aromatic N) is 5. The predicted octanol–water partition coefficient (Wildman–Crippen LogP) is 3.66. The Morgan fingerprint density at radius 2 is 2.00 bits per heavy atom. The van der Waals surface area contributed by atoms with E-state index in [-0.39, 0.29) is 12.0 Å². The predicted molar refractivity (Wildman–Crippen MR) is 160 cm³/mol. The molecule has 0 saturated carbocycles. The largest absolute Gasteiger partial charge is 0.462 e. The molecular formula is C26H35ClFN6O6PS. The number of carbonyl (C=O) groups excluding carboxylic acids is 1. The van der Waals surface area contributed by atoms with Crippen LogP contribution in [0.4, 0.5) is 10.2 Å². The van der Waals surface area contributed by atoms with Crippen molar-refractivity contribution in [3.05, 3.63) is 42.5 Å². The highest BCUT2D eigenvalue weighted by Crippen LogP contribution is 2.49. The number of hydrogen-bond acceptors (Lipinski definition) is 11. The van der Waals surface area contributed by atoms with Crippen molar-refractivity contribution in [1.29, 1.82) is 0 Å². The third-order valence-electron chi connectivity index (χ3n) is 6.41. The molecule has 2 N–H and O–H groups in total. The maximum atomic E-state index is 15.8. The average molecular weight is 645 g/mol. The van der Waals surface area contributed by atoms with Gasteiger partial charge in [-0.15, -0.1) is 11.6 Å². The third kappa shape index (κ3) is 6.85. The molecule has 0 spiro atoms. The van der Waals surface area contributed by atoms with Crippen LogP contribution < -0.4 is 14.5 Å². The first kappa shape index (κ1) is 32.5. The lowest BCUT2D eigenvalue weighted by Crippen LogP contribution is -2.48. The molecule has 0 amide bonds. The summed E-state index contributed by atoms with van der Waals surface area (Å²) in [5, 5.41) is 14.0. The van der Waals surface area contributed by atoms with Crippen molar-refractivity contribution < 1.29 is 32.8 Å². The minimum absolute atomic E-state index is 0.328. The first-order valence-electron chi connectivity index (χ1n) is 13.2. The fourth-order valence-corrected chi connectivity index (χ4v) is 7.07. The van der Waals surface area contributed by atoms with Crippen LogP contribution in [-0.2, 0) is 30.6 Å². The zero-order valence-corrected chi connectivity index (χ0v) is 26.6. The van der Waals surface area contributed by atoms with Gasteiger partial charge in [0.2, 0.25) is 0 Å². The molecule has 1 aliphatic heterocycles. The van der Waals surface area contributed by atoms with E-state index >= 15 is 4.39 Å². The molecule has 16 heteroatoms. The molecule has 230 valence electrons. The van der Waals surface area contributed by atoms with E-state index in [9.17, 15) is 9.90 Å². The normalized spacial score (nSPS) is 24.5. The second kappa shape index (κ2) is 13.0. The van der Waals surface area contributed by atoms with Gasteiger partial charge in [-0.05, 0) is 51.6 Å². The lowest BCUT2D eigenvalue weighted by atomic mass is 9.99. The number of hydrogen-bond donors (Lipinski definition) is 2. The topological polar surface area (TPSA) is 133 Å². The van der Waals surface area contributed by atoms with Crippen molar-refractivity contribution in [3.8, 4) is 5.75 Å². The highest BCUT2D eigenvalue weighted by atomic mass is 35.5. The number of nitrogens with one attached hydrogen (secondary N) is 1. The lowest BCUT2D eigenvalue weighted by Gasteiger charge is -2.33. The molecule has 0 aliphatic carbocycles. The number of carbonyl (C=O) groups is 1. The summed E-state index contributed by atoms with van der Waals surface area (Å²) in [5.74, 6) is 0.466. The number of rotatable bonds is 12. The van der Waals surface area contributed by atoms with Gasteiger partial charge < -0.3 is 28.5 Å². The Balaban J connectivity index is 1.62. The van der Waals surface area contributed by atoms with Crippen LogP contribution in [0.25, 0.3) is 11.2 Å². The number of aliphatic hydroxyl groups excluding tert-OH is 1. The molecule has 4 rings (SSSR count). The monoisotopic (exact) mass is 644 g/mol. The number of para-hydroxylation sites is 1. The lowest BCUT2D eigenvalue weighted by molar-refractivity contribution is -0.149. The van der Waals surface area contributed by atoms with Crippen molar-refractivity contribution in [1.82, 2.24) is 24.6 Å². The number of imidazole rings is 1. The van der Waals surface area contributed by atoms with Crippen LogP contribution in [0.1, 0.15) is 32.8 Å². The Morgan fingerprint density at radius 3 is 2.62 bits per heavy atom. The van der Waals surface area contributed by atoms with E-state index in [2.05, 4.69) is 20.0 Å². The summed E-state index contributed by atoms with van der Waals surface area (Å²) in [6.45, 7) is 2.74. The number of aliphatic hydroxyl groups is 1. The second-order valence-corrected chi connectivity index (χ2v) is 13.8. The van der Waals surface area contributed by atoms with E-state index in [1.165, 1.54) is 10.9 Å². The molecule has 1 fully saturated rings. The molecule has 1 aliphatic rings. The van der Waals surface area contributed by atoms with Gasteiger partial charge in [0, 0.05) is 14.1 Å². The summed E-state index contributed by atoms with van der Waals surface area (Å²) in [6.07, 6.45) is -3.94. The number of halogens is 2. The van der Waals surface area contributed by atoms with E-state index in [1.807, 2.05) is 14.1 Å². The maximum Gasteiger partial charge on any atom is 0.323 e. The van der Waals surface area contributed by atoms with E-state index < -0.39 is 49.4 Å². The van der Waals surface area contributed by atoms with E-state index in [1.54, 1.807) is 62.9 Å². The molecule has 1 saturated heterocycles. The summed E-state index contributed by atoms with van der Waals surface area (Å²) < 4.78 is 40.7. The van der Waals surface area contributed by atoms with Gasteiger partial charge >= 0.3 is 12.6 Å². The van der Waals surface area contributed by atoms with Crippen LogP contribution >= 0.6 is 18.2 Å². The molecule has 42 heavy (non-hydrogen) atoms. The minimum atomic E-state index is -3.53. The van der Waals surface area contributed by atoms with E-state index in [4.69, 9.17) is 41.9 Å². The molecule has 6 atom stereocenters. The van der Waals surface area contributed by atoms with Crippen LogP contribution in [0, 0.1) is 6.92 Å². The number of benzene rings is 1. The number of aromatic nitrogens is 4. The van der Waals surface area contributed by atoms with Crippen molar-refractivity contribution in [2.24, 2.45) is 0 Å². The molecule has 12 nitrogen and oxygen atoms in total. The van der Waals surface area contributed by atoms with Crippen LogP contribution in [0.15, 0.2) is 36.7 Å². The SMILES string of the molecule is Cc1nc(N(C)C)c2ncn([C@@H]3O[C@](CCl)(CO[P@](=S)(N[C@@H](C)C(=O)OC(C)C)Oc4ccccc4)[C@@H](O)[C@H]3F)c2n1. The zero-order valence-electron chi connectivity index (χ0n) is 24.1. The Labute approximate surface area is 253 Å². The molecular weight excluding hydrogens is 610 g/mol. The molecule has 0 bridgehead atoms. The zero-order chi connectivity index (χ0) is 30.8. The third-order valence-corrected chi connectivity index (χ3v) is 9.34. The van der Waals surface area contributed by atoms with Gasteiger partial charge in [-0.3, -0.25) is 9.36 Å². The summed E-state index contributed by atoms with van der Waals surface area (Å²) in [6, 6.07) is 7.73. The smallest absolute Gasteiger partial charge is 0.323 e. The van der Waals surface area contributed by atoms with Crippen LogP contribution in [0.3, 0.4) is 0 Å². The molecule has 0 radical (unpaired) electrons. The number of ether oxygens (including phenoxy) is 2. The second-order valence-electron chi connectivity index (χ2n) is 10.4. The van der Waals surface area contributed by atoms with E-state index in [0.717, 1.165) is 0 Å². The van der Waals surface area contributed by atoms with Crippen molar-refractivity contribution in [3.63, 3.8) is 0 Å². The number of anilines is 1. The Bertz CT molecular complexity index is 1450. The van der Waals surface area contributed by atoms with Gasteiger partial charge in [-0.25, -0.2) is 24.4 Å². The maximum absolute atomic E-state index is 15.8. The van der Waals surface area contributed by atoms with Crippen LogP contribution in [-0.4, -0.2) is 87.2 Å². The number of esters is 1. The van der Waals surface area contributed by atoms with Crippen LogP contribution in [0.5, 0.6) is 5.75 Å². The molecule has 2 aromatic heterocycles. The van der Waals surface area contributed by atoms with Crippen molar-refractivity contribution in [2.45, 2.75) is 63.9 Å². The van der Waals surface area contributed by atoms with Gasteiger partial charge in [0.1, 0.15) is 29.3 Å². The van der Waals surface area contributed by atoms with Gasteiger partial charge in [0.25, 0.3) is 0 Å². The molecule has 0 unspecified atom stereocenters. The molecule has 3 aromatic rings. The van der Waals surface area contributed by atoms with Gasteiger partial charge in [-0.1, -0.05) is 18.2 Å². The first-order chi connectivity index (χ1) is 19.8. The van der Waals surface area contributed by atoms with Crippen LogP contribution in [0.2, 0.25) is 0 Å². The first-order valence-corrected chi connectivity index (χ1v) is 16.4. The molecule has 1 aromatic carbocycles. The Hall–Kier alpha value is -2.45. The summed E-state index contributed by atoms with van der Waals surface area (Å²) in [5.41, 5.74) is -0.968. The minimum Gasteiger partial charge on any atom is -0.462 e. The summed E-state index contributed by atoms with van der Waals surface area (Å²) in [4.78, 5) is 27.6. The summed E-state index contributed by atoms with van der Waals surface area (Å²) in [7, 11) is 3.62. The Morgan fingerprint density at radius 1 is 1.31 bits per heavy atom. The van der Waals surface area contributed by atoms with Gasteiger partial charge in [0.05, 0.1) is 24.9 Å². The number of aryl methyl sites for hydroxylation is 1. The fourth-order valence-electron chi connectivity index (χ4n) is 4.33. The molecule has 3 heterocycles. The summed E-state index contributed by atoms with van der Waals surface area (Å²) >= 11 is 12.1. The fraction of sp³-hybridized carbons (Fsp3) is 0.538.